The van der Waals surface area contributed by atoms with Crippen LogP contribution in [0.4, 0.5) is 32.2 Å². The van der Waals surface area contributed by atoms with E-state index in [-0.39, 0.29) is 36.0 Å². The molecule has 0 spiro atoms. The first kappa shape index (κ1) is 28.2. The number of carbonyl (C=O) groups excluding carboxylic acids is 1. The molecule has 2 aromatic heterocycles. The molecule has 1 amide bonds. The van der Waals surface area contributed by atoms with E-state index < -0.39 is 41.4 Å². The largest absolute Gasteiger partial charge is 0.416 e. The van der Waals surface area contributed by atoms with E-state index in [0.717, 1.165) is 23.7 Å². The first-order valence-electron chi connectivity index (χ1n) is 11.2. The Kier molecular flexibility index (Phi) is 8.99. The number of tetrazole rings is 1. The monoisotopic (exact) mass is 552 g/mol. The van der Waals surface area contributed by atoms with Crippen molar-refractivity contribution in [3.63, 3.8) is 0 Å². The molecule has 0 aliphatic heterocycles. The number of unbranched alkanes of at least 4 members (excludes halogenated alkanes) is 1. The maximum Gasteiger partial charge on any atom is 0.416 e. The number of benzene rings is 1. The summed E-state index contributed by atoms with van der Waals surface area (Å²) < 4.78 is 78.6. The second-order valence-corrected chi connectivity index (χ2v) is 8.34. The minimum Gasteiger partial charge on any atom is -0.368 e. The molecule has 0 unspecified atom stereocenters. The lowest BCUT2D eigenvalue weighted by Crippen LogP contribution is -2.26. The van der Waals surface area contributed by atoms with Gasteiger partial charge in [0.25, 0.3) is 5.91 Å². The third-order valence-electron chi connectivity index (χ3n) is 5.13. The molecule has 0 fully saturated rings. The number of carbonyl (C=O) groups is 1. The van der Waals surface area contributed by atoms with Gasteiger partial charge in [0.1, 0.15) is 5.69 Å². The molecule has 0 atom stereocenters. The first-order valence-corrected chi connectivity index (χ1v) is 11.6. The SMILES string of the molecule is CCCCNc1nc(Cl)[nH]c1C(=O)NCCCn1nnc(Cc2ccc(C(F)(F)F)cc2C(F)(F)F)n1. The molecule has 37 heavy (non-hydrogen) atoms. The molecule has 1 aromatic carbocycles. The fraction of sp³-hybridized carbons (Fsp3) is 0.476. The lowest BCUT2D eigenvalue weighted by atomic mass is 10.0. The quantitative estimate of drug-likeness (QED) is 0.235. The molecule has 202 valence electrons. The van der Waals surface area contributed by atoms with Crippen LogP contribution in [0.3, 0.4) is 0 Å². The number of nitrogens with one attached hydrogen (secondary N) is 3. The number of aromatic amines is 1. The van der Waals surface area contributed by atoms with Gasteiger partial charge in [-0.15, -0.1) is 10.2 Å². The second-order valence-electron chi connectivity index (χ2n) is 7.99. The first-order chi connectivity index (χ1) is 17.4. The predicted molar refractivity (Wildman–Crippen MR) is 121 cm³/mol. The summed E-state index contributed by atoms with van der Waals surface area (Å²) in [5.74, 6) is -0.197. The standard InChI is InChI=1S/C21H23ClF6N8O/c1-2-3-7-29-17-16(31-19(22)32-17)18(37)30-8-4-9-36-34-15(33-35-36)10-12-5-6-13(20(23,24)25)11-14(12)21(26,27)28/h5-6,11,29H,2-4,7-10H2,1H3,(H,30,37)(H,31,32). The van der Waals surface area contributed by atoms with Crippen LogP contribution in [0.5, 0.6) is 0 Å². The molecule has 9 nitrogen and oxygen atoms in total. The van der Waals surface area contributed by atoms with Gasteiger partial charge in [0.05, 0.1) is 17.7 Å². The van der Waals surface area contributed by atoms with Crippen molar-refractivity contribution in [1.29, 1.82) is 0 Å². The molecule has 2 heterocycles. The summed E-state index contributed by atoms with van der Waals surface area (Å²) in [6.45, 7) is 3.03. The predicted octanol–water partition coefficient (Wildman–Crippen LogP) is 4.71. The number of nitrogens with zero attached hydrogens (tertiary/aromatic N) is 5. The summed E-state index contributed by atoms with van der Waals surface area (Å²) in [4.78, 5) is 20.3. The van der Waals surface area contributed by atoms with Crippen LogP contribution in [0.15, 0.2) is 18.2 Å². The van der Waals surface area contributed by atoms with Crippen LogP contribution in [-0.2, 0) is 25.3 Å². The zero-order chi connectivity index (χ0) is 27.2. The molecule has 0 aliphatic rings. The Morgan fingerprint density at radius 3 is 2.54 bits per heavy atom. The molecule has 0 radical (unpaired) electrons. The Balaban J connectivity index is 1.56. The van der Waals surface area contributed by atoms with Gasteiger partial charge in [-0.2, -0.15) is 31.1 Å². The number of anilines is 1. The lowest BCUT2D eigenvalue weighted by Gasteiger charge is -2.15. The Morgan fingerprint density at radius 2 is 1.86 bits per heavy atom. The molecule has 3 aromatic rings. The number of rotatable bonds is 11. The van der Waals surface area contributed by atoms with Gasteiger partial charge in [0.2, 0.25) is 5.28 Å². The van der Waals surface area contributed by atoms with E-state index in [1.165, 1.54) is 0 Å². The Labute approximate surface area is 212 Å². The van der Waals surface area contributed by atoms with Gasteiger partial charge in [-0.05, 0) is 47.4 Å². The van der Waals surface area contributed by atoms with Crippen molar-refractivity contribution in [3.05, 3.63) is 51.7 Å². The minimum atomic E-state index is -4.99. The lowest BCUT2D eigenvalue weighted by molar-refractivity contribution is -0.143. The van der Waals surface area contributed by atoms with Gasteiger partial charge in [-0.3, -0.25) is 4.79 Å². The summed E-state index contributed by atoms with van der Waals surface area (Å²) in [6, 6.07) is 1.41. The Morgan fingerprint density at radius 1 is 1.11 bits per heavy atom. The highest BCUT2D eigenvalue weighted by molar-refractivity contribution is 6.28. The number of aryl methyl sites for hydroxylation is 1. The summed E-state index contributed by atoms with van der Waals surface area (Å²) in [6.07, 6.45) is -8.16. The zero-order valence-electron chi connectivity index (χ0n) is 19.5. The van der Waals surface area contributed by atoms with Crippen molar-refractivity contribution in [2.24, 2.45) is 0 Å². The van der Waals surface area contributed by atoms with Crippen LogP contribution in [0, 0.1) is 0 Å². The molecule has 3 rings (SSSR count). The molecule has 0 saturated carbocycles. The van der Waals surface area contributed by atoms with Crippen LogP contribution in [0.25, 0.3) is 0 Å². The van der Waals surface area contributed by atoms with Gasteiger partial charge in [0, 0.05) is 19.5 Å². The summed E-state index contributed by atoms with van der Waals surface area (Å²) in [7, 11) is 0. The summed E-state index contributed by atoms with van der Waals surface area (Å²) >= 11 is 5.86. The Bertz CT molecular complexity index is 1210. The number of hydrogen-bond donors (Lipinski definition) is 3. The fourth-order valence-electron chi connectivity index (χ4n) is 3.31. The van der Waals surface area contributed by atoms with E-state index >= 15 is 0 Å². The maximum absolute atomic E-state index is 13.3. The molecular weight excluding hydrogens is 530 g/mol. The number of alkyl halides is 6. The number of halogens is 7. The average Bonchev–Trinajstić information content (AvgIpc) is 3.41. The molecule has 0 aliphatic carbocycles. The van der Waals surface area contributed by atoms with Crippen LogP contribution in [0.1, 0.15) is 59.2 Å². The molecule has 16 heteroatoms. The van der Waals surface area contributed by atoms with Crippen molar-refractivity contribution >= 4 is 23.3 Å². The number of H-pyrrole nitrogens is 1. The smallest absolute Gasteiger partial charge is 0.368 e. The van der Waals surface area contributed by atoms with Crippen molar-refractivity contribution in [2.75, 3.05) is 18.4 Å². The fourth-order valence-corrected chi connectivity index (χ4v) is 3.49. The van der Waals surface area contributed by atoms with Crippen molar-refractivity contribution in [3.8, 4) is 0 Å². The third kappa shape index (κ3) is 7.81. The maximum atomic E-state index is 13.3. The summed E-state index contributed by atoms with van der Waals surface area (Å²) in [5, 5.41) is 17.2. The minimum absolute atomic E-state index is 0.0604. The summed E-state index contributed by atoms with van der Waals surface area (Å²) in [5.41, 5.74) is -3.04. The number of amides is 1. The van der Waals surface area contributed by atoms with Crippen molar-refractivity contribution in [2.45, 2.75) is 51.5 Å². The number of imidazole rings is 1. The van der Waals surface area contributed by atoms with Gasteiger partial charge >= 0.3 is 12.4 Å². The van der Waals surface area contributed by atoms with Gasteiger partial charge in [0.15, 0.2) is 11.6 Å². The molecular formula is C21H23ClF6N8O. The van der Waals surface area contributed by atoms with Gasteiger partial charge < -0.3 is 15.6 Å². The molecule has 0 saturated heterocycles. The van der Waals surface area contributed by atoms with E-state index in [1.54, 1.807) is 0 Å². The van der Waals surface area contributed by atoms with Crippen LogP contribution >= 0.6 is 11.6 Å². The molecule has 3 N–H and O–H groups in total. The van der Waals surface area contributed by atoms with Gasteiger partial charge in [-0.1, -0.05) is 19.4 Å². The Hall–Kier alpha value is -3.36. The topological polar surface area (TPSA) is 113 Å². The highest BCUT2D eigenvalue weighted by Gasteiger charge is 2.38. The normalized spacial score (nSPS) is 12.1. The van der Waals surface area contributed by atoms with E-state index in [4.69, 9.17) is 11.6 Å². The third-order valence-corrected chi connectivity index (χ3v) is 5.31. The van der Waals surface area contributed by atoms with E-state index in [0.29, 0.717) is 24.8 Å². The zero-order valence-corrected chi connectivity index (χ0v) is 20.2. The van der Waals surface area contributed by atoms with E-state index in [9.17, 15) is 31.1 Å². The number of aromatic nitrogens is 6. The van der Waals surface area contributed by atoms with Crippen LogP contribution in [-0.4, -0.2) is 49.2 Å². The van der Waals surface area contributed by atoms with E-state index in [2.05, 4.69) is 36.0 Å². The second kappa shape index (κ2) is 11.8. The van der Waals surface area contributed by atoms with Gasteiger partial charge in [-0.25, -0.2) is 4.98 Å². The number of hydrogen-bond acceptors (Lipinski definition) is 6. The van der Waals surface area contributed by atoms with E-state index in [1.807, 2.05) is 6.92 Å². The molecule has 0 bridgehead atoms. The van der Waals surface area contributed by atoms with Crippen molar-refractivity contribution < 1.29 is 31.1 Å². The van der Waals surface area contributed by atoms with Crippen LogP contribution < -0.4 is 10.6 Å². The highest BCUT2D eigenvalue weighted by atomic mass is 35.5. The van der Waals surface area contributed by atoms with Crippen molar-refractivity contribution in [1.82, 2.24) is 35.5 Å². The highest BCUT2D eigenvalue weighted by Crippen LogP contribution is 2.37. The van der Waals surface area contributed by atoms with Crippen LogP contribution in [0.2, 0.25) is 5.28 Å². The average molecular weight is 553 g/mol.